The van der Waals surface area contributed by atoms with Crippen LogP contribution in [0.4, 0.5) is 0 Å². The normalized spacial score (nSPS) is 10.8. The van der Waals surface area contributed by atoms with Crippen molar-refractivity contribution in [1.29, 1.82) is 0 Å². The number of hydrogen-bond acceptors (Lipinski definition) is 2. The van der Waals surface area contributed by atoms with E-state index in [1.54, 1.807) is 29.5 Å². The molecule has 0 radical (unpaired) electrons. The first kappa shape index (κ1) is 7.09. The lowest BCUT2D eigenvalue weighted by Gasteiger charge is -1.97. The van der Waals surface area contributed by atoms with Gasteiger partial charge >= 0.3 is 0 Å². The van der Waals surface area contributed by atoms with Crippen molar-refractivity contribution < 1.29 is 9.94 Å². The van der Waals surface area contributed by atoms with Gasteiger partial charge in [-0.25, -0.2) is 0 Å². The maximum atomic E-state index is 9.35. The molecule has 64 valence electrons. The van der Waals surface area contributed by atoms with Gasteiger partial charge in [0.05, 0.1) is 5.52 Å². The minimum absolute atomic E-state index is 0.242. The summed E-state index contributed by atoms with van der Waals surface area (Å²) in [6.45, 7) is 0. The summed E-state index contributed by atoms with van der Waals surface area (Å²) < 4.78 is 3.31. The summed E-state index contributed by atoms with van der Waals surface area (Å²) in [5, 5.41) is 9.35. The lowest BCUT2D eigenvalue weighted by Crippen LogP contribution is -2.01. The first-order valence-corrected chi connectivity index (χ1v) is 3.64. The second-order valence-electron chi connectivity index (χ2n) is 2.66. The molecular formula is C8H10N2O2. The van der Waals surface area contributed by atoms with Crippen LogP contribution in [0.1, 0.15) is 0 Å². The number of aromatic nitrogens is 2. The van der Waals surface area contributed by atoms with Gasteiger partial charge in [-0.3, -0.25) is 0 Å². The number of fused-ring (bicyclic) bond motifs is 1. The third kappa shape index (κ3) is 0.717. The van der Waals surface area contributed by atoms with E-state index < -0.39 is 0 Å². The van der Waals surface area contributed by atoms with Crippen LogP contribution < -0.4 is 4.84 Å². The summed E-state index contributed by atoms with van der Waals surface area (Å²) in [5.74, 6) is 0.242. The van der Waals surface area contributed by atoms with Crippen molar-refractivity contribution in [3.63, 3.8) is 0 Å². The second-order valence-corrected chi connectivity index (χ2v) is 2.66. The predicted molar refractivity (Wildman–Crippen MR) is 45.1 cm³/mol. The lowest BCUT2D eigenvalue weighted by atomic mass is 10.5. The van der Waals surface area contributed by atoms with Crippen molar-refractivity contribution in [1.82, 2.24) is 9.30 Å². The van der Waals surface area contributed by atoms with E-state index in [0.29, 0.717) is 0 Å². The van der Waals surface area contributed by atoms with E-state index >= 15 is 0 Å². The van der Waals surface area contributed by atoms with Gasteiger partial charge in [-0.1, -0.05) is 0 Å². The first-order chi connectivity index (χ1) is 5.74. The van der Waals surface area contributed by atoms with Gasteiger partial charge < -0.3 is 14.5 Å². The zero-order valence-corrected chi connectivity index (χ0v) is 6.98. The maximum Gasteiger partial charge on any atom is 0.193 e. The van der Waals surface area contributed by atoms with Crippen LogP contribution in [0.15, 0.2) is 18.3 Å². The fourth-order valence-electron chi connectivity index (χ4n) is 1.34. The molecule has 0 fully saturated rings. The summed E-state index contributed by atoms with van der Waals surface area (Å²) in [6, 6.07) is 3.55. The minimum atomic E-state index is 0.242. The van der Waals surface area contributed by atoms with Crippen LogP contribution in [0.2, 0.25) is 0 Å². The summed E-state index contributed by atoms with van der Waals surface area (Å²) in [4.78, 5) is 5.03. The van der Waals surface area contributed by atoms with Gasteiger partial charge in [-0.15, -0.1) is 0 Å². The Hall–Kier alpha value is -1.58. The van der Waals surface area contributed by atoms with Crippen LogP contribution in [0.5, 0.6) is 5.88 Å². The third-order valence-corrected chi connectivity index (χ3v) is 2.04. The van der Waals surface area contributed by atoms with Crippen LogP contribution in [-0.2, 0) is 7.05 Å². The van der Waals surface area contributed by atoms with E-state index in [1.165, 1.54) is 0 Å². The van der Waals surface area contributed by atoms with Crippen molar-refractivity contribution in [2.75, 3.05) is 7.11 Å². The Kier molecular flexibility index (Phi) is 1.30. The molecule has 2 aromatic heterocycles. The SMILES string of the molecule is COn1ccc2c1cc(O)n2C. The van der Waals surface area contributed by atoms with Crippen molar-refractivity contribution in [3.8, 4) is 5.88 Å². The van der Waals surface area contributed by atoms with Crippen LogP contribution in [0.3, 0.4) is 0 Å². The molecule has 12 heavy (non-hydrogen) atoms. The highest BCUT2D eigenvalue weighted by Crippen LogP contribution is 2.22. The zero-order valence-electron chi connectivity index (χ0n) is 6.98. The Morgan fingerprint density at radius 2 is 2.17 bits per heavy atom. The van der Waals surface area contributed by atoms with Gasteiger partial charge in [-0.2, -0.15) is 4.73 Å². The Labute approximate surface area is 69.5 Å². The van der Waals surface area contributed by atoms with Crippen LogP contribution in [-0.4, -0.2) is 21.5 Å². The summed E-state index contributed by atoms with van der Waals surface area (Å²) >= 11 is 0. The molecule has 0 aromatic carbocycles. The number of hydrogen-bond donors (Lipinski definition) is 1. The molecule has 4 nitrogen and oxygen atoms in total. The predicted octanol–water partition coefficient (Wildman–Crippen LogP) is 0.744. The Morgan fingerprint density at radius 1 is 1.42 bits per heavy atom. The van der Waals surface area contributed by atoms with E-state index in [4.69, 9.17) is 4.84 Å². The largest absolute Gasteiger partial charge is 0.494 e. The molecule has 0 bridgehead atoms. The van der Waals surface area contributed by atoms with E-state index in [-0.39, 0.29) is 5.88 Å². The van der Waals surface area contributed by atoms with E-state index in [1.807, 2.05) is 12.3 Å². The molecule has 0 saturated heterocycles. The van der Waals surface area contributed by atoms with Gasteiger partial charge in [0.1, 0.15) is 12.6 Å². The Balaban J connectivity index is 2.79. The maximum absolute atomic E-state index is 9.35. The molecule has 0 saturated carbocycles. The van der Waals surface area contributed by atoms with Crippen molar-refractivity contribution in [2.24, 2.45) is 7.05 Å². The van der Waals surface area contributed by atoms with Crippen LogP contribution in [0.25, 0.3) is 11.0 Å². The fourth-order valence-corrected chi connectivity index (χ4v) is 1.34. The van der Waals surface area contributed by atoms with Crippen LogP contribution in [0, 0.1) is 0 Å². The molecule has 0 aliphatic heterocycles. The van der Waals surface area contributed by atoms with E-state index in [0.717, 1.165) is 11.0 Å². The standard InChI is InChI=1S/C8H10N2O2/c1-9-6-3-4-10(12-2)7(6)5-8(9)11/h3-5,11H,1-2H3. The highest BCUT2D eigenvalue weighted by atomic mass is 16.6. The lowest BCUT2D eigenvalue weighted by molar-refractivity contribution is 0.179. The second kappa shape index (κ2) is 2.20. The van der Waals surface area contributed by atoms with Gasteiger partial charge in [0.2, 0.25) is 0 Å². The Morgan fingerprint density at radius 3 is 2.83 bits per heavy atom. The van der Waals surface area contributed by atoms with E-state index in [9.17, 15) is 5.11 Å². The number of nitrogens with zero attached hydrogens (tertiary/aromatic N) is 2. The first-order valence-electron chi connectivity index (χ1n) is 3.64. The van der Waals surface area contributed by atoms with Gasteiger partial charge in [-0.05, 0) is 6.07 Å². The molecule has 0 unspecified atom stereocenters. The molecule has 2 heterocycles. The van der Waals surface area contributed by atoms with Gasteiger partial charge in [0, 0.05) is 19.3 Å². The third-order valence-electron chi connectivity index (χ3n) is 2.04. The quantitative estimate of drug-likeness (QED) is 0.678. The number of aryl methyl sites for hydroxylation is 1. The van der Waals surface area contributed by atoms with Crippen LogP contribution >= 0.6 is 0 Å². The minimum Gasteiger partial charge on any atom is -0.494 e. The average molecular weight is 166 g/mol. The highest BCUT2D eigenvalue weighted by Gasteiger charge is 2.08. The molecule has 0 atom stereocenters. The fraction of sp³-hybridized carbons (Fsp3) is 0.250. The Bertz CT molecular complexity index is 414. The summed E-state index contributed by atoms with van der Waals surface area (Å²) in [7, 11) is 3.39. The van der Waals surface area contributed by atoms with Gasteiger partial charge in [0.15, 0.2) is 5.88 Å². The molecule has 0 aliphatic carbocycles. The zero-order chi connectivity index (χ0) is 8.72. The number of aromatic hydroxyl groups is 1. The van der Waals surface area contributed by atoms with Crippen molar-refractivity contribution >= 4 is 11.0 Å². The summed E-state index contributed by atoms with van der Waals surface area (Å²) in [6.07, 6.45) is 1.81. The molecule has 4 heteroatoms. The smallest absolute Gasteiger partial charge is 0.193 e. The van der Waals surface area contributed by atoms with E-state index in [2.05, 4.69) is 0 Å². The highest BCUT2D eigenvalue weighted by molar-refractivity contribution is 5.79. The molecule has 0 aliphatic rings. The number of rotatable bonds is 1. The van der Waals surface area contributed by atoms with Gasteiger partial charge in [0.25, 0.3) is 0 Å². The van der Waals surface area contributed by atoms with Crippen molar-refractivity contribution in [2.45, 2.75) is 0 Å². The molecule has 0 spiro atoms. The van der Waals surface area contributed by atoms with Crippen molar-refractivity contribution in [3.05, 3.63) is 18.3 Å². The molecule has 0 amide bonds. The molecule has 2 aromatic rings. The summed E-state index contributed by atoms with van der Waals surface area (Å²) in [5.41, 5.74) is 1.83. The topological polar surface area (TPSA) is 39.3 Å². The molecular weight excluding hydrogens is 156 g/mol. The molecule has 1 N–H and O–H groups in total. The molecule has 2 rings (SSSR count). The monoisotopic (exact) mass is 166 g/mol. The average Bonchev–Trinajstić information content (AvgIpc) is 2.55.